The van der Waals surface area contributed by atoms with Gasteiger partial charge in [0.1, 0.15) is 0 Å². The summed E-state index contributed by atoms with van der Waals surface area (Å²) >= 11 is 1.70. The third-order valence-corrected chi connectivity index (χ3v) is 4.15. The number of ether oxygens (including phenoxy) is 1. The van der Waals surface area contributed by atoms with Crippen LogP contribution in [0.25, 0.3) is 0 Å². The third kappa shape index (κ3) is 3.92. The summed E-state index contributed by atoms with van der Waals surface area (Å²) in [6.45, 7) is 7.24. The number of aryl methyl sites for hydroxylation is 2. The zero-order valence-electron chi connectivity index (χ0n) is 12.8. The second-order valence-corrected chi connectivity index (χ2v) is 6.39. The summed E-state index contributed by atoms with van der Waals surface area (Å²) in [4.78, 5) is 17.5. The van der Waals surface area contributed by atoms with Crippen molar-refractivity contribution in [3.05, 3.63) is 44.3 Å². The fraction of sp³-hybridized carbons (Fsp3) is 0.467. The Balaban J connectivity index is 2.15. The van der Waals surface area contributed by atoms with Crippen molar-refractivity contribution >= 4 is 17.0 Å². The zero-order valence-corrected chi connectivity index (χ0v) is 13.7. The molecular formula is C15H21N3O2S. The number of nitrogens with one attached hydrogen (secondary N) is 1. The summed E-state index contributed by atoms with van der Waals surface area (Å²) in [5, 5.41) is 4.47. The van der Waals surface area contributed by atoms with E-state index in [4.69, 9.17) is 4.74 Å². The Kier molecular flexibility index (Phi) is 5.14. The predicted octanol–water partition coefficient (Wildman–Crippen LogP) is 2.74. The first-order valence-electron chi connectivity index (χ1n) is 6.91. The molecule has 6 heteroatoms. The van der Waals surface area contributed by atoms with Crippen LogP contribution >= 0.6 is 11.3 Å². The fourth-order valence-corrected chi connectivity index (χ4v) is 3.16. The van der Waals surface area contributed by atoms with Gasteiger partial charge in [-0.05, 0) is 26.8 Å². The van der Waals surface area contributed by atoms with E-state index in [0.717, 1.165) is 16.4 Å². The summed E-state index contributed by atoms with van der Waals surface area (Å²) in [7, 11) is 1.63. The van der Waals surface area contributed by atoms with Crippen molar-refractivity contribution in [1.82, 2.24) is 9.55 Å². The lowest BCUT2D eigenvalue weighted by Crippen LogP contribution is -2.21. The van der Waals surface area contributed by atoms with Crippen molar-refractivity contribution in [3.8, 4) is 0 Å². The van der Waals surface area contributed by atoms with Crippen LogP contribution in [0, 0.1) is 13.8 Å². The van der Waals surface area contributed by atoms with Crippen LogP contribution in [0.5, 0.6) is 0 Å². The van der Waals surface area contributed by atoms with Crippen LogP contribution in [0.4, 0.5) is 5.69 Å². The van der Waals surface area contributed by atoms with E-state index in [9.17, 15) is 4.79 Å². The number of hydrogen-bond acceptors (Lipinski definition) is 5. The lowest BCUT2D eigenvalue weighted by atomic mass is 10.2. The molecule has 114 valence electrons. The average Bonchev–Trinajstić information content (AvgIpc) is 2.78. The second kappa shape index (κ2) is 6.87. The van der Waals surface area contributed by atoms with E-state index in [1.807, 2.05) is 13.1 Å². The molecule has 2 rings (SSSR count). The van der Waals surface area contributed by atoms with Gasteiger partial charge in [0.25, 0.3) is 5.56 Å². The molecule has 0 spiro atoms. The highest BCUT2D eigenvalue weighted by Gasteiger charge is 2.13. The molecule has 0 amide bonds. The van der Waals surface area contributed by atoms with Gasteiger partial charge in [0.2, 0.25) is 0 Å². The van der Waals surface area contributed by atoms with Crippen LogP contribution in [-0.4, -0.2) is 23.3 Å². The van der Waals surface area contributed by atoms with Crippen molar-refractivity contribution in [2.75, 3.05) is 19.0 Å². The number of hydrogen-bond donors (Lipinski definition) is 1. The molecule has 1 N–H and O–H groups in total. The molecular weight excluding hydrogens is 286 g/mol. The van der Waals surface area contributed by atoms with Gasteiger partial charge < -0.3 is 14.6 Å². The highest BCUT2D eigenvalue weighted by Crippen LogP contribution is 2.25. The first kappa shape index (κ1) is 15.7. The van der Waals surface area contributed by atoms with Crippen LogP contribution in [0.1, 0.15) is 28.5 Å². The van der Waals surface area contributed by atoms with Gasteiger partial charge in [-0.3, -0.25) is 4.79 Å². The van der Waals surface area contributed by atoms with Crippen molar-refractivity contribution in [2.45, 2.75) is 33.4 Å². The minimum absolute atomic E-state index is 0.0223. The molecule has 0 saturated heterocycles. The number of nitrogens with zero attached hydrogens (tertiary/aromatic N) is 2. The Labute approximate surface area is 128 Å². The molecule has 1 atom stereocenters. The first-order valence-corrected chi connectivity index (χ1v) is 7.73. The van der Waals surface area contributed by atoms with Crippen LogP contribution in [0.2, 0.25) is 0 Å². The minimum atomic E-state index is -0.0223. The zero-order chi connectivity index (χ0) is 15.4. The summed E-state index contributed by atoms with van der Waals surface area (Å²) in [5.74, 6) is 0. The van der Waals surface area contributed by atoms with Crippen molar-refractivity contribution in [1.29, 1.82) is 0 Å². The quantitative estimate of drug-likeness (QED) is 0.891. The minimum Gasteiger partial charge on any atom is -0.383 e. The number of pyridine rings is 1. The Morgan fingerprint density at radius 2 is 2.19 bits per heavy atom. The maximum Gasteiger partial charge on any atom is 0.250 e. The molecule has 21 heavy (non-hydrogen) atoms. The van der Waals surface area contributed by atoms with E-state index < -0.39 is 0 Å². The van der Waals surface area contributed by atoms with Crippen LogP contribution < -0.4 is 10.9 Å². The number of methoxy groups -OCH3 is 1. The lowest BCUT2D eigenvalue weighted by Gasteiger charge is -2.15. The highest BCUT2D eigenvalue weighted by molar-refractivity contribution is 7.11. The van der Waals surface area contributed by atoms with Crippen LogP contribution in [0.15, 0.2) is 23.1 Å². The molecule has 2 aromatic heterocycles. The van der Waals surface area contributed by atoms with Gasteiger partial charge in [0.05, 0.1) is 29.0 Å². The van der Waals surface area contributed by atoms with Crippen LogP contribution in [-0.2, 0) is 11.3 Å². The molecule has 0 bridgehead atoms. The summed E-state index contributed by atoms with van der Waals surface area (Å²) in [5.41, 5.74) is 1.95. The molecule has 0 aliphatic carbocycles. The largest absolute Gasteiger partial charge is 0.383 e. The molecule has 2 aromatic rings. The number of rotatable bonds is 6. The Hall–Kier alpha value is -1.66. The van der Waals surface area contributed by atoms with E-state index >= 15 is 0 Å². The number of aromatic nitrogens is 2. The molecule has 0 aliphatic rings. The second-order valence-electron chi connectivity index (χ2n) is 4.98. The summed E-state index contributed by atoms with van der Waals surface area (Å²) in [6, 6.07) is 3.48. The molecule has 2 heterocycles. The van der Waals surface area contributed by atoms with Gasteiger partial charge in [0.15, 0.2) is 0 Å². The van der Waals surface area contributed by atoms with Crippen LogP contribution in [0.3, 0.4) is 0 Å². The topological polar surface area (TPSA) is 56.1 Å². The Morgan fingerprint density at radius 1 is 1.43 bits per heavy atom. The van der Waals surface area contributed by atoms with Crippen molar-refractivity contribution in [2.24, 2.45) is 0 Å². The fourth-order valence-electron chi connectivity index (χ4n) is 2.25. The monoisotopic (exact) mass is 307 g/mol. The molecule has 0 fully saturated rings. The molecule has 0 aliphatic heterocycles. The molecule has 0 saturated carbocycles. The number of anilines is 1. The van der Waals surface area contributed by atoms with E-state index in [1.54, 1.807) is 35.1 Å². The maximum absolute atomic E-state index is 11.8. The van der Waals surface area contributed by atoms with Crippen molar-refractivity contribution in [3.63, 3.8) is 0 Å². The standard InChI is InChI=1S/C15H21N3O2S/c1-10(15-11(2)21-12(3)17-15)16-13-5-6-14(19)18(9-13)7-8-20-4/h5-6,9-10,16H,7-8H2,1-4H3. The highest BCUT2D eigenvalue weighted by atomic mass is 32.1. The van der Waals surface area contributed by atoms with E-state index in [0.29, 0.717) is 13.2 Å². The van der Waals surface area contributed by atoms with Gasteiger partial charge >= 0.3 is 0 Å². The summed E-state index contributed by atoms with van der Waals surface area (Å²) in [6.07, 6.45) is 1.83. The Morgan fingerprint density at radius 3 is 2.81 bits per heavy atom. The third-order valence-electron chi connectivity index (χ3n) is 3.25. The predicted molar refractivity (Wildman–Crippen MR) is 86.2 cm³/mol. The van der Waals surface area contributed by atoms with Gasteiger partial charge in [-0.15, -0.1) is 11.3 Å². The van der Waals surface area contributed by atoms with E-state index in [2.05, 4.69) is 24.1 Å². The van der Waals surface area contributed by atoms with E-state index in [1.165, 1.54) is 4.88 Å². The van der Waals surface area contributed by atoms with Gasteiger partial charge in [-0.1, -0.05) is 0 Å². The van der Waals surface area contributed by atoms with Gasteiger partial charge in [0, 0.05) is 30.8 Å². The molecule has 1 unspecified atom stereocenters. The van der Waals surface area contributed by atoms with Gasteiger partial charge in [-0.25, -0.2) is 4.98 Å². The molecule has 5 nitrogen and oxygen atoms in total. The number of thiazole rings is 1. The molecule has 0 radical (unpaired) electrons. The van der Waals surface area contributed by atoms with E-state index in [-0.39, 0.29) is 11.6 Å². The lowest BCUT2D eigenvalue weighted by molar-refractivity contribution is 0.186. The SMILES string of the molecule is COCCn1cc(NC(C)c2nc(C)sc2C)ccc1=O. The average molecular weight is 307 g/mol. The van der Waals surface area contributed by atoms with Gasteiger partial charge in [-0.2, -0.15) is 0 Å². The smallest absolute Gasteiger partial charge is 0.250 e. The first-order chi connectivity index (χ1) is 10.0. The normalized spacial score (nSPS) is 12.4. The Bertz CT molecular complexity index is 663. The van der Waals surface area contributed by atoms with Crippen molar-refractivity contribution < 1.29 is 4.74 Å². The maximum atomic E-state index is 11.8. The summed E-state index contributed by atoms with van der Waals surface area (Å²) < 4.78 is 6.67. The molecule has 0 aromatic carbocycles.